The summed E-state index contributed by atoms with van der Waals surface area (Å²) in [5, 5.41) is 9.36. The van der Waals surface area contributed by atoms with Crippen LogP contribution in [0.1, 0.15) is 35.8 Å². The molecule has 1 N–H and O–H groups in total. The first-order valence-corrected chi connectivity index (χ1v) is 8.62. The Kier molecular flexibility index (Phi) is 6.29. The van der Waals surface area contributed by atoms with Gasteiger partial charge in [0, 0.05) is 38.4 Å². The van der Waals surface area contributed by atoms with Gasteiger partial charge < -0.3 is 9.84 Å². The van der Waals surface area contributed by atoms with E-state index < -0.39 is 0 Å². The fourth-order valence-electron chi connectivity index (χ4n) is 3.07. The van der Waals surface area contributed by atoms with Crippen molar-refractivity contribution in [3.63, 3.8) is 0 Å². The number of hydrogen-bond acceptors (Lipinski definition) is 5. The van der Waals surface area contributed by atoms with E-state index in [2.05, 4.69) is 22.0 Å². The third kappa shape index (κ3) is 4.84. The quantitative estimate of drug-likeness (QED) is 0.846. The van der Waals surface area contributed by atoms with Crippen LogP contribution in [-0.4, -0.2) is 46.3 Å². The molecule has 0 bridgehead atoms. The van der Waals surface area contributed by atoms with E-state index in [1.807, 2.05) is 30.5 Å². The molecule has 1 aromatic heterocycles. The molecule has 2 aromatic rings. The normalized spacial score (nSPS) is 18.0. The minimum atomic E-state index is 0.140. The molecule has 2 heterocycles. The average molecular weight is 327 g/mol. The maximum absolute atomic E-state index is 9.36. The van der Waals surface area contributed by atoms with Gasteiger partial charge in [-0.3, -0.25) is 4.90 Å². The first kappa shape index (κ1) is 17.0. The van der Waals surface area contributed by atoms with Crippen LogP contribution in [0, 0.1) is 0 Å². The topological polar surface area (TPSA) is 58.5 Å². The first-order valence-electron chi connectivity index (χ1n) is 8.62. The molecule has 0 spiro atoms. The molecule has 3 rings (SSSR count). The summed E-state index contributed by atoms with van der Waals surface area (Å²) in [5.41, 5.74) is 2.23. The van der Waals surface area contributed by atoms with Crippen LogP contribution in [0.2, 0.25) is 0 Å². The Bertz CT molecular complexity index is 615. The number of rotatable bonds is 7. The lowest BCUT2D eigenvalue weighted by Crippen LogP contribution is -2.27. The number of benzene rings is 1. The maximum atomic E-state index is 9.36. The lowest BCUT2D eigenvalue weighted by Gasteiger charge is -2.23. The summed E-state index contributed by atoms with van der Waals surface area (Å²) in [7, 11) is 0. The zero-order chi connectivity index (χ0) is 16.6. The van der Waals surface area contributed by atoms with Crippen LogP contribution in [0.3, 0.4) is 0 Å². The summed E-state index contributed by atoms with van der Waals surface area (Å²) in [6.45, 7) is 3.83. The number of aliphatic hydroxyl groups excluding tert-OH is 1. The van der Waals surface area contributed by atoms with E-state index in [0.717, 1.165) is 37.5 Å². The molecule has 1 saturated heterocycles. The van der Waals surface area contributed by atoms with Gasteiger partial charge >= 0.3 is 0 Å². The van der Waals surface area contributed by atoms with Crippen LogP contribution in [-0.2, 0) is 17.8 Å². The second-order valence-corrected chi connectivity index (χ2v) is 6.24. The van der Waals surface area contributed by atoms with Crippen LogP contribution in [0.5, 0.6) is 0 Å². The van der Waals surface area contributed by atoms with E-state index in [1.54, 1.807) is 0 Å². The molecule has 1 aliphatic heterocycles. The summed E-state index contributed by atoms with van der Waals surface area (Å²) >= 11 is 0. The molecule has 128 valence electrons. The summed E-state index contributed by atoms with van der Waals surface area (Å²) in [6, 6.07) is 12.3. The van der Waals surface area contributed by atoms with Crippen LogP contribution >= 0.6 is 0 Å². The Morgan fingerprint density at radius 3 is 2.79 bits per heavy atom. The van der Waals surface area contributed by atoms with Gasteiger partial charge in [0.25, 0.3) is 0 Å². The molecular formula is C19H25N3O2. The summed E-state index contributed by atoms with van der Waals surface area (Å²) < 4.78 is 5.55. The molecule has 0 aliphatic carbocycles. The van der Waals surface area contributed by atoms with Gasteiger partial charge in [-0.25, -0.2) is 9.97 Å². The lowest BCUT2D eigenvalue weighted by atomic mass is 10.0. The molecule has 5 heteroatoms. The van der Waals surface area contributed by atoms with E-state index >= 15 is 0 Å². The van der Waals surface area contributed by atoms with Crippen LogP contribution < -0.4 is 0 Å². The highest BCUT2D eigenvalue weighted by molar-refractivity contribution is 5.15. The molecule has 5 nitrogen and oxygen atoms in total. The van der Waals surface area contributed by atoms with E-state index in [1.165, 1.54) is 5.56 Å². The minimum absolute atomic E-state index is 0.140. The number of nitrogens with zero attached hydrogens (tertiary/aromatic N) is 3. The fourth-order valence-corrected chi connectivity index (χ4v) is 3.07. The molecule has 1 aromatic carbocycles. The Balaban J connectivity index is 1.67. The Morgan fingerprint density at radius 2 is 2.04 bits per heavy atom. The van der Waals surface area contributed by atoms with E-state index in [4.69, 9.17) is 9.72 Å². The fraction of sp³-hybridized carbons (Fsp3) is 0.474. The van der Waals surface area contributed by atoms with E-state index in [0.29, 0.717) is 25.6 Å². The molecule has 0 saturated carbocycles. The van der Waals surface area contributed by atoms with E-state index in [-0.39, 0.29) is 6.61 Å². The number of ether oxygens (including phenoxy) is 1. The van der Waals surface area contributed by atoms with Crippen LogP contribution in [0.15, 0.2) is 42.6 Å². The van der Waals surface area contributed by atoms with Crippen molar-refractivity contribution in [3.05, 3.63) is 59.7 Å². The van der Waals surface area contributed by atoms with Crippen molar-refractivity contribution in [2.24, 2.45) is 0 Å². The zero-order valence-corrected chi connectivity index (χ0v) is 14.0. The third-order valence-electron chi connectivity index (χ3n) is 4.31. The molecule has 1 aliphatic rings. The van der Waals surface area contributed by atoms with Crippen molar-refractivity contribution in [2.45, 2.75) is 31.8 Å². The van der Waals surface area contributed by atoms with Crippen molar-refractivity contribution in [1.29, 1.82) is 0 Å². The third-order valence-corrected chi connectivity index (χ3v) is 4.31. The van der Waals surface area contributed by atoms with Crippen molar-refractivity contribution < 1.29 is 9.84 Å². The van der Waals surface area contributed by atoms with Gasteiger partial charge in [-0.1, -0.05) is 30.3 Å². The van der Waals surface area contributed by atoms with Gasteiger partial charge in [-0.05, 0) is 24.5 Å². The first-order chi connectivity index (χ1) is 11.8. The summed E-state index contributed by atoms with van der Waals surface area (Å²) in [6.07, 6.45) is 4.00. The summed E-state index contributed by atoms with van der Waals surface area (Å²) in [4.78, 5) is 11.4. The van der Waals surface area contributed by atoms with E-state index in [9.17, 15) is 5.11 Å². The highest BCUT2D eigenvalue weighted by atomic mass is 16.5. The monoisotopic (exact) mass is 327 g/mol. The van der Waals surface area contributed by atoms with Gasteiger partial charge in [-0.2, -0.15) is 0 Å². The SMILES string of the molecule is OCCN(Cc1ccccc1)Cc1ccnc(C2CCCOC2)n1. The zero-order valence-electron chi connectivity index (χ0n) is 14.0. The lowest BCUT2D eigenvalue weighted by molar-refractivity contribution is 0.0779. The van der Waals surface area contributed by atoms with Gasteiger partial charge in [0.05, 0.1) is 18.9 Å². The summed E-state index contributed by atoms with van der Waals surface area (Å²) in [5.74, 6) is 1.19. The highest BCUT2D eigenvalue weighted by Crippen LogP contribution is 2.22. The highest BCUT2D eigenvalue weighted by Gasteiger charge is 2.19. The molecular weight excluding hydrogens is 302 g/mol. The number of aromatic nitrogens is 2. The Morgan fingerprint density at radius 1 is 1.17 bits per heavy atom. The minimum Gasteiger partial charge on any atom is -0.395 e. The second kappa shape index (κ2) is 8.87. The van der Waals surface area contributed by atoms with Crippen molar-refractivity contribution in [1.82, 2.24) is 14.9 Å². The molecule has 1 atom stereocenters. The number of aliphatic hydroxyl groups is 1. The number of hydrogen-bond donors (Lipinski definition) is 1. The molecule has 1 unspecified atom stereocenters. The van der Waals surface area contributed by atoms with Crippen molar-refractivity contribution in [3.8, 4) is 0 Å². The smallest absolute Gasteiger partial charge is 0.133 e. The largest absolute Gasteiger partial charge is 0.395 e. The van der Waals surface area contributed by atoms with Crippen molar-refractivity contribution in [2.75, 3.05) is 26.4 Å². The molecule has 0 radical (unpaired) electrons. The molecule has 24 heavy (non-hydrogen) atoms. The molecule has 0 amide bonds. The Labute approximate surface area is 143 Å². The standard InChI is InChI=1S/C19H25N3O2/c23-11-10-22(13-16-5-2-1-3-6-16)14-18-8-9-20-19(21-18)17-7-4-12-24-15-17/h1-3,5-6,8-9,17,23H,4,7,10-15H2. The Hall–Kier alpha value is -1.82. The molecule has 1 fully saturated rings. The van der Waals surface area contributed by atoms with Gasteiger partial charge in [0.2, 0.25) is 0 Å². The average Bonchev–Trinajstić information content (AvgIpc) is 2.64. The predicted molar refractivity (Wildman–Crippen MR) is 92.5 cm³/mol. The predicted octanol–water partition coefficient (Wildman–Crippen LogP) is 2.37. The second-order valence-electron chi connectivity index (χ2n) is 6.24. The van der Waals surface area contributed by atoms with Crippen LogP contribution in [0.4, 0.5) is 0 Å². The maximum Gasteiger partial charge on any atom is 0.133 e. The van der Waals surface area contributed by atoms with Crippen LogP contribution in [0.25, 0.3) is 0 Å². The van der Waals surface area contributed by atoms with Crippen molar-refractivity contribution >= 4 is 0 Å². The van der Waals surface area contributed by atoms with Gasteiger partial charge in [-0.15, -0.1) is 0 Å². The van der Waals surface area contributed by atoms with Gasteiger partial charge in [0.1, 0.15) is 5.82 Å². The van der Waals surface area contributed by atoms with Gasteiger partial charge in [0.15, 0.2) is 0 Å².